The van der Waals surface area contributed by atoms with Gasteiger partial charge in [-0.15, -0.1) is 0 Å². The molecule has 0 saturated heterocycles. The Kier molecular flexibility index (Phi) is 8.55. The Labute approximate surface area is 327 Å². The summed E-state index contributed by atoms with van der Waals surface area (Å²) in [5.41, 5.74) is 16.4. The Morgan fingerprint density at radius 2 is 0.732 bits per heavy atom. The van der Waals surface area contributed by atoms with Gasteiger partial charge in [0.2, 0.25) is 0 Å². The molecule has 2 heteroatoms. The molecule has 264 valence electrons. The van der Waals surface area contributed by atoms with Crippen molar-refractivity contribution in [3.8, 4) is 50.2 Å². The van der Waals surface area contributed by atoms with Crippen LogP contribution in [-0.2, 0) is 0 Å². The van der Waals surface area contributed by atoms with E-state index in [0.29, 0.717) is 0 Å². The molecule has 10 aromatic rings. The Morgan fingerprint density at radius 1 is 0.286 bits per heavy atom. The Balaban J connectivity index is 1.22. The quantitative estimate of drug-likeness (QED) is 0.152. The van der Waals surface area contributed by atoms with Crippen molar-refractivity contribution in [2.45, 2.75) is 0 Å². The van der Waals surface area contributed by atoms with Crippen LogP contribution < -0.4 is 4.90 Å². The van der Waals surface area contributed by atoms with Crippen molar-refractivity contribution in [3.63, 3.8) is 0 Å². The Hall–Kier alpha value is -7.42. The van der Waals surface area contributed by atoms with Crippen molar-refractivity contribution < 1.29 is 0 Å². The maximum Gasteiger partial charge on any atom is 0.0562 e. The van der Waals surface area contributed by atoms with E-state index in [1.165, 1.54) is 60.8 Å². The first kappa shape index (κ1) is 33.2. The number of aromatic nitrogens is 1. The fraction of sp³-hybridized carbons (Fsp3) is 0. The van der Waals surface area contributed by atoms with E-state index >= 15 is 0 Å². The van der Waals surface area contributed by atoms with Crippen LogP contribution in [0.1, 0.15) is 0 Å². The summed E-state index contributed by atoms with van der Waals surface area (Å²) in [5.74, 6) is 0. The summed E-state index contributed by atoms with van der Waals surface area (Å²) < 4.78 is 2.45. The van der Waals surface area contributed by atoms with Gasteiger partial charge in [0.05, 0.1) is 28.1 Å². The lowest BCUT2D eigenvalue weighted by Gasteiger charge is -2.29. The van der Waals surface area contributed by atoms with E-state index in [9.17, 15) is 0 Å². The number of anilines is 3. The first-order chi connectivity index (χ1) is 27.8. The van der Waals surface area contributed by atoms with Crippen molar-refractivity contribution >= 4 is 38.9 Å². The highest BCUT2D eigenvalue weighted by Crippen LogP contribution is 2.47. The van der Waals surface area contributed by atoms with Gasteiger partial charge >= 0.3 is 0 Å². The van der Waals surface area contributed by atoms with Crippen molar-refractivity contribution in [3.05, 3.63) is 231 Å². The second-order valence-corrected chi connectivity index (χ2v) is 14.1. The third-order valence-electron chi connectivity index (χ3n) is 10.8. The van der Waals surface area contributed by atoms with E-state index in [1.54, 1.807) is 0 Å². The molecule has 0 amide bonds. The number of hydrogen-bond donors (Lipinski definition) is 0. The Bertz CT molecular complexity index is 2940. The standard InChI is InChI=1S/C54H38N2/c1-4-19-39(20-5-1)44-25-10-11-26-45(44)42-35-37-43(38-36-42)55(49-30-15-12-27-46(49)40-21-6-2-7-22-40)52-33-18-34-53-54(52)48-29-14-17-32-51(48)56(53)50-31-16-13-28-47(50)41-23-8-3-9-24-41/h1-38H. The maximum absolute atomic E-state index is 2.46. The molecule has 0 spiro atoms. The van der Waals surface area contributed by atoms with Gasteiger partial charge in [-0.25, -0.2) is 0 Å². The van der Waals surface area contributed by atoms with Crippen molar-refractivity contribution in [1.82, 2.24) is 4.57 Å². The van der Waals surface area contributed by atoms with Gasteiger partial charge in [-0.05, 0) is 75.8 Å². The van der Waals surface area contributed by atoms with Gasteiger partial charge in [0.25, 0.3) is 0 Å². The number of para-hydroxylation sites is 3. The number of benzene rings is 9. The lowest BCUT2D eigenvalue weighted by molar-refractivity contribution is 1.18. The van der Waals surface area contributed by atoms with Crippen LogP contribution in [-0.4, -0.2) is 4.57 Å². The molecule has 0 saturated carbocycles. The molecule has 0 atom stereocenters. The lowest BCUT2D eigenvalue weighted by atomic mass is 9.94. The van der Waals surface area contributed by atoms with Gasteiger partial charge in [-0.2, -0.15) is 0 Å². The molecular weight excluding hydrogens is 677 g/mol. The van der Waals surface area contributed by atoms with Crippen LogP contribution >= 0.6 is 0 Å². The number of rotatable bonds is 8. The zero-order valence-electron chi connectivity index (χ0n) is 30.8. The fourth-order valence-corrected chi connectivity index (χ4v) is 8.31. The predicted molar refractivity (Wildman–Crippen MR) is 237 cm³/mol. The summed E-state index contributed by atoms with van der Waals surface area (Å²) in [6.07, 6.45) is 0. The summed E-state index contributed by atoms with van der Waals surface area (Å²) in [5, 5.41) is 2.41. The molecule has 1 heterocycles. The highest BCUT2D eigenvalue weighted by atomic mass is 15.2. The van der Waals surface area contributed by atoms with Gasteiger partial charge in [0.1, 0.15) is 0 Å². The van der Waals surface area contributed by atoms with Gasteiger partial charge < -0.3 is 9.47 Å². The summed E-state index contributed by atoms with van der Waals surface area (Å²) in [7, 11) is 0. The summed E-state index contributed by atoms with van der Waals surface area (Å²) in [6.45, 7) is 0. The second-order valence-electron chi connectivity index (χ2n) is 14.1. The average molecular weight is 715 g/mol. The van der Waals surface area contributed by atoms with Crippen LogP contribution in [0.25, 0.3) is 72.0 Å². The van der Waals surface area contributed by atoms with Gasteiger partial charge in [-0.1, -0.05) is 188 Å². The third kappa shape index (κ3) is 5.85. The van der Waals surface area contributed by atoms with E-state index in [-0.39, 0.29) is 0 Å². The molecule has 0 N–H and O–H groups in total. The van der Waals surface area contributed by atoms with E-state index in [4.69, 9.17) is 0 Å². The Morgan fingerprint density at radius 3 is 1.39 bits per heavy atom. The molecule has 2 nitrogen and oxygen atoms in total. The monoisotopic (exact) mass is 714 g/mol. The van der Waals surface area contributed by atoms with Crippen LogP contribution in [0.5, 0.6) is 0 Å². The molecule has 0 radical (unpaired) electrons. The topological polar surface area (TPSA) is 8.17 Å². The largest absolute Gasteiger partial charge is 0.309 e. The van der Waals surface area contributed by atoms with Gasteiger partial charge in [0, 0.05) is 27.6 Å². The molecule has 56 heavy (non-hydrogen) atoms. The molecule has 1 aromatic heterocycles. The molecular formula is C54H38N2. The van der Waals surface area contributed by atoms with Crippen LogP contribution in [0.3, 0.4) is 0 Å². The van der Waals surface area contributed by atoms with E-state index in [1.807, 2.05) is 0 Å². The number of hydrogen-bond acceptors (Lipinski definition) is 1. The van der Waals surface area contributed by atoms with Gasteiger partial charge in [-0.3, -0.25) is 0 Å². The van der Waals surface area contributed by atoms with E-state index in [0.717, 1.165) is 28.3 Å². The smallest absolute Gasteiger partial charge is 0.0562 e. The third-order valence-corrected chi connectivity index (χ3v) is 10.8. The zero-order valence-corrected chi connectivity index (χ0v) is 30.8. The molecule has 0 aliphatic heterocycles. The summed E-state index contributed by atoms with van der Waals surface area (Å²) in [4.78, 5) is 2.46. The lowest BCUT2D eigenvalue weighted by Crippen LogP contribution is -2.11. The van der Waals surface area contributed by atoms with Crippen molar-refractivity contribution in [1.29, 1.82) is 0 Å². The van der Waals surface area contributed by atoms with Crippen molar-refractivity contribution in [2.24, 2.45) is 0 Å². The maximum atomic E-state index is 2.46. The molecule has 0 aliphatic rings. The molecule has 0 aliphatic carbocycles. The number of nitrogens with zero attached hydrogens (tertiary/aromatic N) is 2. The normalized spacial score (nSPS) is 11.2. The minimum atomic E-state index is 1.09. The van der Waals surface area contributed by atoms with E-state index < -0.39 is 0 Å². The first-order valence-corrected chi connectivity index (χ1v) is 19.2. The van der Waals surface area contributed by atoms with Crippen molar-refractivity contribution in [2.75, 3.05) is 4.90 Å². The molecule has 0 fully saturated rings. The fourth-order valence-electron chi connectivity index (χ4n) is 8.31. The summed E-state index contributed by atoms with van der Waals surface area (Å²) >= 11 is 0. The van der Waals surface area contributed by atoms with Crippen LogP contribution in [0.2, 0.25) is 0 Å². The number of fused-ring (bicyclic) bond motifs is 3. The molecule has 0 bridgehead atoms. The van der Waals surface area contributed by atoms with Crippen LogP contribution in [0, 0.1) is 0 Å². The average Bonchev–Trinajstić information content (AvgIpc) is 3.63. The zero-order chi connectivity index (χ0) is 37.3. The molecule has 0 unspecified atom stereocenters. The van der Waals surface area contributed by atoms with Crippen LogP contribution in [0.4, 0.5) is 17.1 Å². The first-order valence-electron chi connectivity index (χ1n) is 19.2. The van der Waals surface area contributed by atoms with E-state index in [2.05, 4.69) is 240 Å². The minimum Gasteiger partial charge on any atom is -0.309 e. The highest BCUT2D eigenvalue weighted by Gasteiger charge is 2.24. The minimum absolute atomic E-state index is 1.09. The summed E-state index contributed by atoms with van der Waals surface area (Å²) in [6, 6.07) is 83.0. The molecule has 9 aromatic carbocycles. The highest BCUT2D eigenvalue weighted by molar-refractivity contribution is 6.17. The SMILES string of the molecule is c1ccc(-c2ccccc2-c2ccc(N(c3ccccc3-c3ccccc3)c3cccc4c3c3ccccc3n4-c3ccccc3-c3ccccc3)cc2)cc1. The van der Waals surface area contributed by atoms with Gasteiger partial charge in [0.15, 0.2) is 0 Å². The second kappa shape index (κ2) is 14.4. The molecule has 10 rings (SSSR count). The predicted octanol–water partition coefficient (Wildman–Crippen LogP) is 14.9. The van der Waals surface area contributed by atoms with Crippen LogP contribution in [0.15, 0.2) is 231 Å².